The lowest BCUT2D eigenvalue weighted by Gasteiger charge is -2.30. The molecule has 0 spiro atoms. The van der Waals surface area contributed by atoms with Gasteiger partial charge in [0.25, 0.3) is 0 Å². The number of ether oxygens (including phenoxy) is 1. The number of pyridine rings is 1. The molecule has 0 saturated carbocycles. The van der Waals surface area contributed by atoms with Crippen LogP contribution in [-0.2, 0) is 4.74 Å². The first kappa shape index (κ1) is 11.0. The predicted molar refractivity (Wildman–Crippen MR) is 72.5 cm³/mol. The fourth-order valence-corrected chi connectivity index (χ4v) is 2.78. The quantitative estimate of drug-likeness (QED) is 0.808. The number of anilines is 1. The number of rotatable bonds is 1. The van der Waals surface area contributed by atoms with Crippen molar-refractivity contribution in [1.29, 1.82) is 0 Å². The molecule has 1 fully saturated rings. The predicted octanol–water partition coefficient (Wildman–Crippen LogP) is 2.83. The van der Waals surface area contributed by atoms with Gasteiger partial charge in [-0.25, -0.2) is 0 Å². The SMILES string of the molecule is Brc1cnc2ccccc2c1N1CCOCC1. The lowest BCUT2D eigenvalue weighted by Crippen LogP contribution is -2.36. The Morgan fingerprint density at radius 3 is 2.76 bits per heavy atom. The van der Waals surface area contributed by atoms with Gasteiger partial charge in [0, 0.05) is 24.7 Å². The maximum absolute atomic E-state index is 5.40. The van der Waals surface area contributed by atoms with Crippen molar-refractivity contribution in [2.45, 2.75) is 0 Å². The van der Waals surface area contributed by atoms with Gasteiger partial charge in [0.15, 0.2) is 0 Å². The fraction of sp³-hybridized carbons (Fsp3) is 0.308. The molecule has 0 N–H and O–H groups in total. The molecule has 1 saturated heterocycles. The van der Waals surface area contributed by atoms with Crippen molar-refractivity contribution in [3.8, 4) is 0 Å². The fourth-order valence-electron chi connectivity index (χ4n) is 2.21. The van der Waals surface area contributed by atoms with Crippen LogP contribution in [0.25, 0.3) is 10.9 Å². The number of aromatic nitrogens is 1. The van der Waals surface area contributed by atoms with E-state index >= 15 is 0 Å². The van der Waals surface area contributed by atoms with E-state index < -0.39 is 0 Å². The standard InChI is InChI=1S/C13H13BrN2O/c14-11-9-15-12-4-2-1-3-10(12)13(11)16-5-7-17-8-6-16/h1-4,9H,5-8H2. The molecule has 1 aliphatic rings. The maximum atomic E-state index is 5.40. The van der Waals surface area contributed by atoms with Gasteiger partial charge in [-0.05, 0) is 22.0 Å². The average Bonchev–Trinajstić information content (AvgIpc) is 2.39. The molecule has 4 heteroatoms. The van der Waals surface area contributed by atoms with Gasteiger partial charge in [0.2, 0.25) is 0 Å². The summed E-state index contributed by atoms with van der Waals surface area (Å²) in [7, 11) is 0. The van der Waals surface area contributed by atoms with E-state index in [0.29, 0.717) is 0 Å². The summed E-state index contributed by atoms with van der Waals surface area (Å²) in [6, 6.07) is 8.25. The number of benzene rings is 1. The molecular formula is C13H13BrN2O. The molecular weight excluding hydrogens is 280 g/mol. The zero-order valence-electron chi connectivity index (χ0n) is 9.40. The van der Waals surface area contributed by atoms with Crippen LogP contribution < -0.4 is 4.90 Å². The summed E-state index contributed by atoms with van der Waals surface area (Å²) in [6.45, 7) is 3.46. The molecule has 88 valence electrons. The van der Waals surface area contributed by atoms with Crippen LogP contribution in [-0.4, -0.2) is 31.3 Å². The van der Waals surface area contributed by atoms with Gasteiger partial charge in [-0.15, -0.1) is 0 Å². The monoisotopic (exact) mass is 292 g/mol. The Bertz CT molecular complexity index is 538. The molecule has 0 atom stereocenters. The van der Waals surface area contributed by atoms with E-state index in [0.717, 1.165) is 36.3 Å². The molecule has 1 aromatic carbocycles. The zero-order valence-corrected chi connectivity index (χ0v) is 11.0. The van der Waals surface area contributed by atoms with E-state index in [4.69, 9.17) is 4.74 Å². The van der Waals surface area contributed by atoms with Crippen LogP contribution in [0.2, 0.25) is 0 Å². The first-order valence-electron chi connectivity index (χ1n) is 5.72. The smallest absolute Gasteiger partial charge is 0.0723 e. The number of morpholine rings is 1. The van der Waals surface area contributed by atoms with E-state index in [1.54, 1.807) is 0 Å². The summed E-state index contributed by atoms with van der Waals surface area (Å²) in [5.74, 6) is 0. The first-order valence-corrected chi connectivity index (χ1v) is 6.51. The third-order valence-electron chi connectivity index (χ3n) is 3.03. The van der Waals surface area contributed by atoms with Crippen molar-refractivity contribution >= 4 is 32.5 Å². The molecule has 3 rings (SSSR count). The minimum Gasteiger partial charge on any atom is -0.378 e. The van der Waals surface area contributed by atoms with Gasteiger partial charge in [-0.1, -0.05) is 18.2 Å². The van der Waals surface area contributed by atoms with Crippen LogP contribution in [0.4, 0.5) is 5.69 Å². The van der Waals surface area contributed by atoms with E-state index in [1.165, 1.54) is 11.1 Å². The summed E-state index contributed by atoms with van der Waals surface area (Å²) in [5.41, 5.74) is 2.27. The molecule has 0 radical (unpaired) electrons. The van der Waals surface area contributed by atoms with Crippen LogP contribution in [0, 0.1) is 0 Å². The lowest BCUT2D eigenvalue weighted by molar-refractivity contribution is 0.123. The van der Waals surface area contributed by atoms with Crippen LogP contribution in [0.5, 0.6) is 0 Å². The number of hydrogen-bond donors (Lipinski definition) is 0. The number of hydrogen-bond acceptors (Lipinski definition) is 3. The molecule has 0 unspecified atom stereocenters. The Morgan fingerprint density at radius 1 is 1.18 bits per heavy atom. The van der Waals surface area contributed by atoms with Gasteiger partial charge in [0.1, 0.15) is 0 Å². The Labute approximate surface area is 109 Å². The van der Waals surface area contributed by atoms with Crippen molar-refractivity contribution < 1.29 is 4.74 Å². The van der Waals surface area contributed by atoms with Crippen molar-refractivity contribution in [1.82, 2.24) is 4.98 Å². The summed E-state index contributed by atoms with van der Waals surface area (Å²) in [6.07, 6.45) is 1.88. The highest BCUT2D eigenvalue weighted by molar-refractivity contribution is 9.10. The Kier molecular flexibility index (Phi) is 2.99. The highest BCUT2D eigenvalue weighted by Crippen LogP contribution is 2.33. The molecule has 0 amide bonds. The Morgan fingerprint density at radius 2 is 1.94 bits per heavy atom. The zero-order chi connectivity index (χ0) is 11.7. The second-order valence-corrected chi connectivity index (χ2v) is 4.93. The molecule has 2 heterocycles. The second kappa shape index (κ2) is 4.63. The second-order valence-electron chi connectivity index (χ2n) is 4.07. The normalized spacial score (nSPS) is 16.4. The molecule has 1 aliphatic heterocycles. The molecule has 0 aliphatic carbocycles. The summed E-state index contributed by atoms with van der Waals surface area (Å²) in [5, 5.41) is 1.20. The van der Waals surface area contributed by atoms with Crippen molar-refractivity contribution in [3.05, 3.63) is 34.9 Å². The number of fused-ring (bicyclic) bond motifs is 1. The van der Waals surface area contributed by atoms with Gasteiger partial charge in [-0.2, -0.15) is 0 Å². The van der Waals surface area contributed by atoms with Crippen LogP contribution in [0.1, 0.15) is 0 Å². The molecule has 3 nitrogen and oxygen atoms in total. The van der Waals surface area contributed by atoms with Crippen molar-refractivity contribution in [2.24, 2.45) is 0 Å². The maximum Gasteiger partial charge on any atom is 0.0723 e. The van der Waals surface area contributed by atoms with Crippen molar-refractivity contribution in [3.63, 3.8) is 0 Å². The summed E-state index contributed by atoms with van der Waals surface area (Å²) < 4.78 is 6.45. The molecule has 17 heavy (non-hydrogen) atoms. The minimum absolute atomic E-state index is 0.795. The van der Waals surface area contributed by atoms with Crippen molar-refractivity contribution in [2.75, 3.05) is 31.2 Å². The highest BCUT2D eigenvalue weighted by atomic mass is 79.9. The van der Waals surface area contributed by atoms with E-state index in [9.17, 15) is 0 Å². The number of para-hydroxylation sites is 1. The van der Waals surface area contributed by atoms with Crippen LogP contribution in [0.15, 0.2) is 34.9 Å². The van der Waals surface area contributed by atoms with E-state index in [2.05, 4.69) is 37.9 Å². The van der Waals surface area contributed by atoms with Gasteiger partial charge in [0.05, 0.1) is 28.9 Å². The van der Waals surface area contributed by atoms with Gasteiger partial charge in [-0.3, -0.25) is 4.98 Å². The molecule has 2 aromatic rings. The first-order chi connectivity index (χ1) is 8.36. The number of nitrogens with zero attached hydrogens (tertiary/aromatic N) is 2. The number of halogens is 1. The molecule has 0 bridgehead atoms. The third kappa shape index (κ3) is 2.03. The Balaban J connectivity index is 2.15. The third-order valence-corrected chi connectivity index (χ3v) is 3.61. The lowest BCUT2D eigenvalue weighted by atomic mass is 10.1. The van der Waals surface area contributed by atoms with E-state index in [1.807, 2.05) is 18.3 Å². The largest absolute Gasteiger partial charge is 0.378 e. The topological polar surface area (TPSA) is 25.4 Å². The average molecular weight is 293 g/mol. The van der Waals surface area contributed by atoms with E-state index in [-0.39, 0.29) is 0 Å². The highest BCUT2D eigenvalue weighted by Gasteiger charge is 2.16. The van der Waals surface area contributed by atoms with Gasteiger partial charge < -0.3 is 9.64 Å². The summed E-state index contributed by atoms with van der Waals surface area (Å²) in [4.78, 5) is 6.79. The summed E-state index contributed by atoms with van der Waals surface area (Å²) >= 11 is 3.61. The minimum atomic E-state index is 0.795. The van der Waals surface area contributed by atoms with Crippen LogP contribution >= 0.6 is 15.9 Å². The van der Waals surface area contributed by atoms with Crippen LogP contribution in [0.3, 0.4) is 0 Å². The Hall–Kier alpha value is -1.13. The molecule has 1 aromatic heterocycles. The van der Waals surface area contributed by atoms with Gasteiger partial charge >= 0.3 is 0 Å².